The highest BCUT2D eigenvalue weighted by Crippen LogP contribution is 2.25. The number of hydrogen-bond acceptors (Lipinski definition) is 4. The number of benzene rings is 2. The van der Waals surface area contributed by atoms with E-state index in [1.54, 1.807) is 6.92 Å². The lowest BCUT2D eigenvalue weighted by molar-refractivity contribution is -0.140. The van der Waals surface area contributed by atoms with Gasteiger partial charge in [-0.2, -0.15) is 0 Å². The van der Waals surface area contributed by atoms with Crippen molar-refractivity contribution >= 4 is 39.1 Å². The first-order valence-corrected chi connectivity index (χ1v) is 13.7. The first-order valence-electron chi connectivity index (χ1n) is 11.5. The van der Waals surface area contributed by atoms with Gasteiger partial charge in [0.05, 0.1) is 17.0 Å². The van der Waals surface area contributed by atoms with Crippen LogP contribution in [-0.2, 0) is 26.2 Å². The summed E-state index contributed by atoms with van der Waals surface area (Å²) in [6.45, 7) is 7.11. The molecule has 7 nitrogen and oxygen atoms in total. The Morgan fingerprint density at radius 2 is 1.71 bits per heavy atom. The van der Waals surface area contributed by atoms with Crippen molar-refractivity contribution in [2.75, 3.05) is 17.1 Å². The van der Waals surface area contributed by atoms with E-state index in [0.29, 0.717) is 6.42 Å². The lowest BCUT2D eigenvalue weighted by Gasteiger charge is -2.33. The molecule has 1 N–H and O–H groups in total. The predicted octanol–water partition coefficient (Wildman–Crippen LogP) is 4.28. The van der Waals surface area contributed by atoms with Gasteiger partial charge in [-0.3, -0.25) is 13.9 Å². The van der Waals surface area contributed by atoms with Crippen LogP contribution >= 0.6 is 11.6 Å². The average Bonchev–Trinajstić information content (AvgIpc) is 2.79. The third-order valence-corrected chi connectivity index (χ3v) is 7.16. The minimum Gasteiger partial charge on any atom is -0.352 e. The van der Waals surface area contributed by atoms with Gasteiger partial charge in [0.1, 0.15) is 18.4 Å². The minimum atomic E-state index is -3.93. The number of halogens is 2. The molecule has 0 saturated heterocycles. The molecule has 2 rings (SSSR count). The number of carbonyl (C=O) groups is 2. The molecular formula is C25H33ClFN3O4S. The first-order chi connectivity index (χ1) is 16.4. The van der Waals surface area contributed by atoms with E-state index < -0.39 is 34.3 Å². The Bertz CT molecular complexity index is 1140. The Balaban J connectivity index is 2.45. The standard InChI is InChI=1S/C25H33ClFN3O4S/c1-6-18(4)28-25(32)23(7-2)29(15-19-10-8-17(3)9-11-19)24(31)16-30(35(5,33)34)20-12-13-22(27)21(26)14-20/h8-14,18,23H,6-7,15-16H2,1-5H3,(H,28,32)/t18-,23-/m1/s1. The summed E-state index contributed by atoms with van der Waals surface area (Å²) < 4.78 is 39.7. The van der Waals surface area contributed by atoms with Crippen LogP contribution in [0.15, 0.2) is 42.5 Å². The van der Waals surface area contributed by atoms with Gasteiger partial charge in [0.2, 0.25) is 21.8 Å². The molecule has 2 aromatic carbocycles. The Morgan fingerprint density at radius 1 is 1.09 bits per heavy atom. The summed E-state index contributed by atoms with van der Waals surface area (Å²) in [5.74, 6) is -1.58. The van der Waals surface area contributed by atoms with Gasteiger partial charge in [0, 0.05) is 12.6 Å². The van der Waals surface area contributed by atoms with Gasteiger partial charge in [0.25, 0.3) is 0 Å². The summed E-state index contributed by atoms with van der Waals surface area (Å²) in [7, 11) is -3.93. The van der Waals surface area contributed by atoms with E-state index in [1.165, 1.54) is 11.0 Å². The zero-order valence-corrected chi connectivity index (χ0v) is 22.3. The fourth-order valence-corrected chi connectivity index (χ4v) is 4.52. The summed E-state index contributed by atoms with van der Waals surface area (Å²) in [4.78, 5) is 28.1. The molecule has 0 bridgehead atoms. The van der Waals surface area contributed by atoms with Crippen molar-refractivity contribution in [3.05, 3.63) is 64.4 Å². The summed E-state index contributed by atoms with van der Waals surface area (Å²) in [5, 5.41) is 2.65. The molecule has 2 amide bonds. The second-order valence-corrected chi connectivity index (χ2v) is 10.9. The molecule has 0 aliphatic heterocycles. The number of nitrogens with zero attached hydrogens (tertiary/aromatic N) is 2. The predicted molar refractivity (Wildman–Crippen MR) is 137 cm³/mol. The highest BCUT2D eigenvalue weighted by Gasteiger charge is 2.32. The van der Waals surface area contributed by atoms with Crippen LogP contribution in [0.25, 0.3) is 0 Å². The Hall–Kier alpha value is -2.65. The molecule has 0 unspecified atom stereocenters. The number of aryl methyl sites for hydroxylation is 1. The Morgan fingerprint density at radius 3 is 2.23 bits per heavy atom. The van der Waals surface area contributed by atoms with Crippen LogP contribution in [0.4, 0.5) is 10.1 Å². The fraction of sp³-hybridized carbons (Fsp3) is 0.440. The van der Waals surface area contributed by atoms with Crippen LogP contribution in [0.2, 0.25) is 5.02 Å². The van der Waals surface area contributed by atoms with Crippen molar-refractivity contribution in [2.24, 2.45) is 0 Å². The quantitative estimate of drug-likeness (QED) is 0.474. The van der Waals surface area contributed by atoms with Crippen LogP contribution in [0, 0.1) is 12.7 Å². The maximum Gasteiger partial charge on any atom is 0.244 e. The molecule has 35 heavy (non-hydrogen) atoms. The molecule has 0 fully saturated rings. The van der Waals surface area contributed by atoms with E-state index in [1.807, 2.05) is 45.0 Å². The molecule has 0 aliphatic rings. The minimum absolute atomic E-state index is 0.0552. The first kappa shape index (κ1) is 28.6. The van der Waals surface area contributed by atoms with Crippen LogP contribution in [-0.4, -0.2) is 50.0 Å². The van der Waals surface area contributed by atoms with E-state index in [4.69, 9.17) is 11.6 Å². The Labute approximate surface area is 212 Å². The maximum atomic E-state index is 13.7. The van der Waals surface area contributed by atoms with Gasteiger partial charge in [-0.15, -0.1) is 0 Å². The largest absolute Gasteiger partial charge is 0.352 e. The highest BCUT2D eigenvalue weighted by molar-refractivity contribution is 7.92. The van der Waals surface area contributed by atoms with Crippen molar-refractivity contribution in [3.63, 3.8) is 0 Å². The molecule has 192 valence electrons. The van der Waals surface area contributed by atoms with Gasteiger partial charge in [-0.05, 0) is 50.5 Å². The maximum absolute atomic E-state index is 13.7. The van der Waals surface area contributed by atoms with E-state index in [-0.39, 0.29) is 29.2 Å². The molecule has 0 radical (unpaired) electrons. The molecule has 0 aliphatic carbocycles. The van der Waals surface area contributed by atoms with Crippen LogP contribution in [0.3, 0.4) is 0 Å². The molecule has 0 saturated carbocycles. The zero-order valence-electron chi connectivity index (χ0n) is 20.7. The molecule has 0 spiro atoms. The monoisotopic (exact) mass is 525 g/mol. The number of hydrogen-bond donors (Lipinski definition) is 1. The summed E-state index contributed by atoms with van der Waals surface area (Å²) in [5.41, 5.74) is 1.90. The number of rotatable bonds is 11. The molecule has 2 aromatic rings. The lowest BCUT2D eigenvalue weighted by atomic mass is 10.1. The zero-order chi connectivity index (χ0) is 26.3. The number of nitrogens with one attached hydrogen (secondary N) is 1. The van der Waals surface area contributed by atoms with Crippen molar-refractivity contribution in [2.45, 2.75) is 59.2 Å². The van der Waals surface area contributed by atoms with Gasteiger partial charge in [0.15, 0.2) is 0 Å². The van der Waals surface area contributed by atoms with E-state index in [2.05, 4.69) is 5.32 Å². The second-order valence-electron chi connectivity index (χ2n) is 8.62. The van der Waals surface area contributed by atoms with Crippen molar-refractivity contribution in [1.29, 1.82) is 0 Å². The van der Waals surface area contributed by atoms with Crippen LogP contribution in [0.5, 0.6) is 0 Å². The van der Waals surface area contributed by atoms with Crippen LogP contribution in [0.1, 0.15) is 44.7 Å². The fourth-order valence-electron chi connectivity index (χ4n) is 3.50. The van der Waals surface area contributed by atoms with Crippen LogP contribution < -0.4 is 9.62 Å². The molecule has 2 atom stereocenters. The van der Waals surface area contributed by atoms with E-state index in [9.17, 15) is 22.4 Å². The Kier molecular flexibility index (Phi) is 10.1. The van der Waals surface area contributed by atoms with Crippen molar-refractivity contribution in [1.82, 2.24) is 10.2 Å². The van der Waals surface area contributed by atoms with Crippen molar-refractivity contribution in [3.8, 4) is 0 Å². The lowest BCUT2D eigenvalue weighted by Crippen LogP contribution is -2.53. The average molecular weight is 526 g/mol. The summed E-state index contributed by atoms with van der Waals surface area (Å²) in [6.07, 6.45) is 2.01. The SMILES string of the molecule is CC[C@@H](C)NC(=O)[C@@H](CC)N(Cc1ccc(C)cc1)C(=O)CN(c1ccc(F)c(Cl)c1)S(C)(=O)=O. The number of amides is 2. The molecule has 0 aromatic heterocycles. The van der Waals surface area contributed by atoms with Gasteiger partial charge >= 0.3 is 0 Å². The second kappa shape index (κ2) is 12.4. The molecular weight excluding hydrogens is 493 g/mol. The smallest absolute Gasteiger partial charge is 0.244 e. The van der Waals surface area contributed by atoms with Gasteiger partial charge < -0.3 is 10.2 Å². The highest BCUT2D eigenvalue weighted by atomic mass is 35.5. The van der Waals surface area contributed by atoms with E-state index >= 15 is 0 Å². The normalized spacial score (nSPS) is 13.1. The van der Waals surface area contributed by atoms with Gasteiger partial charge in [-0.25, -0.2) is 12.8 Å². The summed E-state index contributed by atoms with van der Waals surface area (Å²) in [6, 6.07) is 10.1. The van der Waals surface area contributed by atoms with Gasteiger partial charge in [-0.1, -0.05) is 55.3 Å². The third-order valence-electron chi connectivity index (χ3n) is 5.73. The summed E-state index contributed by atoms with van der Waals surface area (Å²) >= 11 is 5.86. The number of anilines is 1. The molecule has 0 heterocycles. The van der Waals surface area contributed by atoms with E-state index in [0.717, 1.165) is 40.2 Å². The topological polar surface area (TPSA) is 86.8 Å². The number of carbonyl (C=O) groups excluding carboxylic acids is 2. The van der Waals surface area contributed by atoms with Crippen molar-refractivity contribution < 1.29 is 22.4 Å². The number of sulfonamides is 1. The molecule has 10 heteroatoms. The third kappa shape index (κ3) is 7.93.